The molecule has 0 amide bonds. The van der Waals surface area contributed by atoms with Crippen LogP contribution in [-0.2, 0) is 0 Å². The van der Waals surface area contributed by atoms with Crippen LogP contribution in [0, 0.1) is 11.3 Å². The molecule has 0 aliphatic heterocycles. The molecule has 1 aromatic carbocycles. The van der Waals surface area contributed by atoms with Gasteiger partial charge in [-0.05, 0) is 25.8 Å². The van der Waals surface area contributed by atoms with Gasteiger partial charge in [-0.1, -0.05) is 32.0 Å². The summed E-state index contributed by atoms with van der Waals surface area (Å²) in [6.45, 7) is 7.99. The average Bonchev–Trinajstić information content (AvgIpc) is 2.16. The second kappa shape index (κ2) is 4.87. The van der Waals surface area contributed by atoms with Crippen LogP contribution in [0.2, 0.25) is 0 Å². The van der Waals surface area contributed by atoms with E-state index in [1.165, 1.54) is 0 Å². The number of hydrogen-bond donors (Lipinski definition) is 1. The molecule has 0 spiro atoms. The standard InChI is InChI=1S/C13H18N2/c1-9(2)13(14)11-7-5-6-8-12(11)15-10(3)4/h5-9,14H,1-4H3. The molecule has 0 unspecified atom stereocenters. The predicted molar refractivity (Wildman–Crippen MR) is 66.6 cm³/mol. The van der Waals surface area contributed by atoms with Crippen molar-refractivity contribution in [2.45, 2.75) is 27.7 Å². The van der Waals surface area contributed by atoms with Crippen LogP contribution in [0.5, 0.6) is 0 Å². The summed E-state index contributed by atoms with van der Waals surface area (Å²) in [6.07, 6.45) is 0. The third kappa shape index (κ3) is 3.01. The van der Waals surface area contributed by atoms with Gasteiger partial charge in [-0.25, -0.2) is 0 Å². The van der Waals surface area contributed by atoms with Crippen LogP contribution < -0.4 is 0 Å². The Balaban J connectivity index is 3.18. The van der Waals surface area contributed by atoms with Crippen LogP contribution in [0.1, 0.15) is 33.3 Å². The monoisotopic (exact) mass is 202 g/mol. The molecule has 0 saturated heterocycles. The van der Waals surface area contributed by atoms with E-state index in [1.54, 1.807) is 0 Å². The Labute approximate surface area is 91.6 Å². The Bertz CT molecular complexity index is 385. The first-order chi connectivity index (χ1) is 7.02. The summed E-state index contributed by atoms with van der Waals surface area (Å²) < 4.78 is 0. The largest absolute Gasteiger partial charge is 0.304 e. The highest BCUT2D eigenvalue weighted by molar-refractivity contribution is 6.04. The summed E-state index contributed by atoms with van der Waals surface area (Å²) in [5.41, 5.74) is 3.50. The number of benzene rings is 1. The molecule has 0 saturated carbocycles. The Kier molecular flexibility index (Phi) is 3.78. The quantitative estimate of drug-likeness (QED) is 0.723. The third-order valence-corrected chi connectivity index (χ3v) is 2.12. The lowest BCUT2D eigenvalue weighted by atomic mass is 9.99. The second-order valence-corrected chi connectivity index (χ2v) is 4.14. The molecule has 2 heteroatoms. The smallest absolute Gasteiger partial charge is 0.0719 e. The summed E-state index contributed by atoms with van der Waals surface area (Å²) in [7, 11) is 0. The van der Waals surface area contributed by atoms with Gasteiger partial charge in [0.05, 0.1) is 5.69 Å². The number of nitrogens with zero attached hydrogens (tertiary/aromatic N) is 1. The first-order valence-corrected chi connectivity index (χ1v) is 5.22. The van der Waals surface area contributed by atoms with Gasteiger partial charge < -0.3 is 5.41 Å². The third-order valence-electron chi connectivity index (χ3n) is 2.12. The van der Waals surface area contributed by atoms with Crippen molar-refractivity contribution in [3.8, 4) is 0 Å². The van der Waals surface area contributed by atoms with E-state index in [1.807, 2.05) is 52.0 Å². The zero-order valence-corrected chi connectivity index (χ0v) is 9.83. The van der Waals surface area contributed by atoms with Gasteiger partial charge in [0.25, 0.3) is 0 Å². The van der Waals surface area contributed by atoms with Crippen molar-refractivity contribution in [2.24, 2.45) is 10.9 Å². The highest BCUT2D eigenvalue weighted by atomic mass is 14.7. The van der Waals surface area contributed by atoms with E-state index in [9.17, 15) is 0 Å². The maximum absolute atomic E-state index is 8.00. The zero-order valence-electron chi connectivity index (χ0n) is 9.83. The highest BCUT2D eigenvalue weighted by Crippen LogP contribution is 2.21. The summed E-state index contributed by atoms with van der Waals surface area (Å²) >= 11 is 0. The average molecular weight is 202 g/mol. The number of nitrogens with one attached hydrogen (secondary N) is 1. The molecule has 0 heterocycles. The molecular weight excluding hydrogens is 184 g/mol. The van der Waals surface area contributed by atoms with Crippen molar-refractivity contribution in [2.75, 3.05) is 0 Å². The maximum atomic E-state index is 8.00. The lowest BCUT2D eigenvalue weighted by molar-refractivity contribution is 0.878. The fourth-order valence-corrected chi connectivity index (χ4v) is 1.35. The van der Waals surface area contributed by atoms with Gasteiger partial charge in [-0.15, -0.1) is 0 Å². The molecule has 0 fully saturated rings. The molecule has 2 nitrogen and oxygen atoms in total. The predicted octanol–water partition coefficient (Wildman–Crippen LogP) is 3.82. The van der Waals surface area contributed by atoms with Crippen LogP contribution in [0.15, 0.2) is 29.3 Å². The first-order valence-electron chi connectivity index (χ1n) is 5.22. The van der Waals surface area contributed by atoms with Gasteiger partial charge >= 0.3 is 0 Å². The van der Waals surface area contributed by atoms with E-state index in [4.69, 9.17) is 5.41 Å². The molecule has 0 atom stereocenters. The van der Waals surface area contributed by atoms with Crippen LogP contribution in [0.4, 0.5) is 5.69 Å². The van der Waals surface area contributed by atoms with E-state index in [2.05, 4.69) is 4.99 Å². The zero-order chi connectivity index (χ0) is 11.4. The first kappa shape index (κ1) is 11.6. The van der Waals surface area contributed by atoms with E-state index >= 15 is 0 Å². The summed E-state index contributed by atoms with van der Waals surface area (Å²) in [4.78, 5) is 4.44. The van der Waals surface area contributed by atoms with Crippen molar-refractivity contribution in [1.82, 2.24) is 0 Å². The van der Waals surface area contributed by atoms with Crippen LogP contribution in [-0.4, -0.2) is 11.4 Å². The van der Waals surface area contributed by atoms with Gasteiger partial charge in [-0.3, -0.25) is 4.99 Å². The van der Waals surface area contributed by atoms with Crippen molar-refractivity contribution in [3.05, 3.63) is 29.8 Å². The molecule has 0 radical (unpaired) electrons. The Morgan fingerprint density at radius 2 is 1.80 bits per heavy atom. The number of hydrogen-bond acceptors (Lipinski definition) is 2. The van der Waals surface area contributed by atoms with E-state index in [0.29, 0.717) is 5.71 Å². The molecule has 1 aromatic rings. The minimum atomic E-state index is 0.235. The fraction of sp³-hybridized carbons (Fsp3) is 0.385. The van der Waals surface area contributed by atoms with Crippen molar-refractivity contribution in [1.29, 1.82) is 5.41 Å². The minimum absolute atomic E-state index is 0.235. The Morgan fingerprint density at radius 1 is 1.20 bits per heavy atom. The van der Waals surface area contributed by atoms with E-state index < -0.39 is 0 Å². The van der Waals surface area contributed by atoms with Gasteiger partial charge in [0.15, 0.2) is 0 Å². The normalized spacial score (nSPS) is 10.2. The number of para-hydroxylation sites is 1. The van der Waals surface area contributed by atoms with Crippen LogP contribution >= 0.6 is 0 Å². The van der Waals surface area contributed by atoms with Gasteiger partial charge in [0.2, 0.25) is 0 Å². The maximum Gasteiger partial charge on any atom is 0.0719 e. The summed E-state index contributed by atoms with van der Waals surface area (Å²) in [5.74, 6) is 0.235. The van der Waals surface area contributed by atoms with Gasteiger partial charge in [0.1, 0.15) is 0 Å². The molecule has 15 heavy (non-hydrogen) atoms. The molecule has 0 bridgehead atoms. The van der Waals surface area contributed by atoms with Crippen LogP contribution in [0.3, 0.4) is 0 Å². The lowest BCUT2D eigenvalue weighted by Gasteiger charge is -2.10. The van der Waals surface area contributed by atoms with Gasteiger partial charge in [-0.2, -0.15) is 0 Å². The van der Waals surface area contributed by atoms with E-state index in [0.717, 1.165) is 17.0 Å². The number of aliphatic imine (C=N–C) groups is 1. The van der Waals surface area contributed by atoms with Crippen LogP contribution in [0.25, 0.3) is 0 Å². The van der Waals surface area contributed by atoms with E-state index in [-0.39, 0.29) is 5.92 Å². The summed E-state index contributed by atoms with van der Waals surface area (Å²) in [5, 5.41) is 8.00. The second-order valence-electron chi connectivity index (χ2n) is 4.14. The molecule has 0 aromatic heterocycles. The highest BCUT2D eigenvalue weighted by Gasteiger charge is 2.09. The molecule has 0 aliphatic rings. The Hall–Kier alpha value is -1.44. The van der Waals surface area contributed by atoms with Gasteiger partial charge in [0, 0.05) is 17.0 Å². The lowest BCUT2D eigenvalue weighted by Crippen LogP contribution is -2.07. The fourth-order valence-electron chi connectivity index (χ4n) is 1.35. The molecular formula is C13H18N2. The van der Waals surface area contributed by atoms with Crippen molar-refractivity contribution >= 4 is 17.1 Å². The molecule has 80 valence electrons. The SMILES string of the molecule is CC(C)=Nc1ccccc1C(=N)C(C)C. The minimum Gasteiger partial charge on any atom is -0.304 e. The molecule has 1 rings (SSSR count). The summed E-state index contributed by atoms with van der Waals surface area (Å²) in [6, 6.07) is 7.83. The Morgan fingerprint density at radius 3 is 2.33 bits per heavy atom. The van der Waals surface area contributed by atoms with Crippen molar-refractivity contribution in [3.63, 3.8) is 0 Å². The molecule has 0 aliphatic carbocycles. The number of rotatable bonds is 3. The molecule has 1 N–H and O–H groups in total. The topological polar surface area (TPSA) is 36.2 Å². The van der Waals surface area contributed by atoms with Crippen molar-refractivity contribution < 1.29 is 0 Å².